The Kier molecular flexibility index (Phi) is 7.66. The van der Waals surface area contributed by atoms with Crippen LogP contribution in [0.5, 0.6) is 0 Å². The van der Waals surface area contributed by atoms with Crippen molar-refractivity contribution >= 4 is 44.6 Å². The van der Waals surface area contributed by atoms with Crippen molar-refractivity contribution in [3.8, 4) is 0 Å². The lowest BCUT2D eigenvalue weighted by Crippen LogP contribution is -2.41. The van der Waals surface area contributed by atoms with Crippen molar-refractivity contribution in [1.82, 2.24) is 10.6 Å². The van der Waals surface area contributed by atoms with Gasteiger partial charge in [-0.1, -0.05) is 65.7 Å². The number of carbonyl (C=O) groups is 1. The molecule has 1 atom stereocenters. The molecule has 12 heteroatoms. The highest BCUT2D eigenvalue weighted by Gasteiger charge is 2.48. The van der Waals surface area contributed by atoms with Gasteiger partial charge in [0.1, 0.15) is 0 Å². The van der Waals surface area contributed by atoms with Gasteiger partial charge in [0.15, 0.2) is 14.9 Å². The summed E-state index contributed by atoms with van der Waals surface area (Å²) in [5.41, 5.74) is 0.875. The molecule has 2 aromatic carbocycles. The molecule has 0 fully saturated rings. The molecule has 2 amide bonds. The number of nitrogens with one attached hydrogen (secondary N) is 2. The first-order valence-electron chi connectivity index (χ1n) is 9.73. The van der Waals surface area contributed by atoms with E-state index in [4.69, 9.17) is 23.2 Å². The van der Waals surface area contributed by atoms with Crippen LogP contribution in [0.25, 0.3) is 5.57 Å². The largest absolute Gasteiger partial charge is 0.524 e. The number of benzene rings is 2. The number of sulfone groups is 1. The average Bonchev–Trinajstić information content (AvgIpc) is 2.70. The van der Waals surface area contributed by atoms with E-state index >= 15 is 0 Å². The quantitative estimate of drug-likeness (QED) is 0.492. The molecular formula is C22H19Cl2F3N2O4S. The van der Waals surface area contributed by atoms with Gasteiger partial charge in [-0.15, -0.1) is 13.2 Å². The maximum Gasteiger partial charge on any atom is 0.524 e. The number of urea groups is 1. The van der Waals surface area contributed by atoms with E-state index in [9.17, 15) is 26.4 Å². The molecule has 0 bridgehead atoms. The maximum absolute atomic E-state index is 13.2. The summed E-state index contributed by atoms with van der Waals surface area (Å²) in [5, 5.41) is 2.44. The summed E-state index contributed by atoms with van der Waals surface area (Å²) in [7, 11) is -3.35. The van der Waals surface area contributed by atoms with Crippen LogP contribution in [-0.4, -0.2) is 32.1 Å². The zero-order valence-electron chi connectivity index (χ0n) is 17.6. The van der Waals surface area contributed by atoms with Crippen molar-refractivity contribution in [3.63, 3.8) is 0 Å². The van der Waals surface area contributed by atoms with E-state index in [0.29, 0.717) is 11.1 Å². The van der Waals surface area contributed by atoms with Gasteiger partial charge < -0.3 is 10.6 Å². The number of carbonyl (C=O) groups excluding carboxylic acids is 1. The number of hydrogen-bond acceptors (Lipinski definition) is 4. The van der Waals surface area contributed by atoms with E-state index in [-0.39, 0.29) is 27.7 Å². The molecule has 182 valence electrons. The first-order valence-corrected chi connectivity index (χ1v) is 12.4. The third-order valence-electron chi connectivity index (χ3n) is 4.75. The molecule has 1 unspecified atom stereocenters. The Bertz CT molecular complexity index is 1230. The van der Waals surface area contributed by atoms with Crippen LogP contribution >= 0.6 is 23.2 Å². The molecule has 0 heterocycles. The number of ether oxygens (including phenoxy) is 1. The normalized spacial score (nSPS) is 18.9. The molecule has 0 spiro atoms. The second kappa shape index (κ2) is 9.99. The predicted octanol–water partition coefficient (Wildman–Crippen LogP) is 5.30. The lowest BCUT2D eigenvalue weighted by atomic mass is 9.92. The number of halogens is 5. The highest BCUT2D eigenvalue weighted by molar-refractivity contribution is 7.90. The summed E-state index contributed by atoms with van der Waals surface area (Å²) in [6.07, 6.45) is -3.20. The first kappa shape index (κ1) is 26.1. The highest BCUT2D eigenvalue weighted by Crippen LogP contribution is 2.48. The molecular weight excluding hydrogens is 516 g/mol. The Morgan fingerprint density at radius 1 is 1.12 bits per heavy atom. The first-order chi connectivity index (χ1) is 15.8. The van der Waals surface area contributed by atoms with Crippen LogP contribution in [0.15, 0.2) is 76.3 Å². The van der Waals surface area contributed by atoms with Gasteiger partial charge >= 0.3 is 12.4 Å². The summed E-state index contributed by atoms with van der Waals surface area (Å²) in [4.78, 5) is 12.5. The van der Waals surface area contributed by atoms with Gasteiger partial charge in [0.2, 0.25) is 0 Å². The van der Waals surface area contributed by atoms with Crippen LogP contribution < -0.4 is 10.6 Å². The molecule has 34 heavy (non-hydrogen) atoms. The minimum absolute atomic E-state index is 0.00820. The third-order valence-corrected chi connectivity index (χ3v) is 6.58. The SMILES string of the molecule is CS(=O)(=O)c1ccc(CNC(=O)NC2=CC(Cl)=C(c3ccccc3)C(Cl)(OC(F)(F)F)C2)cc1. The number of allylic oxidation sites excluding steroid dienone is 2. The van der Waals surface area contributed by atoms with Crippen LogP contribution in [0.3, 0.4) is 0 Å². The molecule has 0 saturated carbocycles. The van der Waals surface area contributed by atoms with E-state index in [2.05, 4.69) is 15.4 Å². The summed E-state index contributed by atoms with van der Waals surface area (Å²) in [5.74, 6) is 0. The van der Waals surface area contributed by atoms with E-state index in [1.165, 1.54) is 30.3 Å². The summed E-state index contributed by atoms with van der Waals surface area (Å²) >= 11 is 12.6. The fourth-order valence-corrected chi connectivity index (χ4v) is 4.84. The Morgan fingerprint density at radius 2 is 1.74 bits per heavy atom. The number of amides is 2. The van der Waals surface area contributed by atoms with Gasteiger partial charge in [-0.2, -0.15) is 0 Å². The van der Waals surface area contributed by atoms with Crippen molar-refractivity contribution in [2.24, 2.45) is 0 Å². The van der Waals surface area contributed by atoms with Gasteiger partial charge in [0.25, 0.3) is 0 Å². The molecule has 0 aromatic heterocycles. The monoisotopic (exact) mass is 534 g/mol. The van der Waals surface area contributed by atoms with E-state index in [1.807, 2.05) is 0 Å². The molecule has 0 radical (unpaired) electrons. The Labute approximate surface area is 204 Å². The van der Waals surface area contributed by atoms with Crippen LogP contribution in [-0.2, 0) is 21.1 Å². The molecule has 6 nitrogen and oxygen atoms in total. The van der Waals surface area contributed by atoms with E-state index < -0.39 is 33.7 Å². The van der Waals surface area contributed by atoms with Gasteiger partial charge in [-0.25, -0.2) is 13.2 Å². The third kappa shape index (κ3) is 6.75. The molecule has 3 rings (SSSR count). The van der Waals surface area contributed by atoms with Crippen LogP contribution in [0.1, 0.15) is 17.5 Å². The maximum atomic E-state index is 13.2. The zero-order chi connectivity index (χ0) is 25.1. The molecule has 0 aliphatic heterocycles. The summed E-state index contributed by atoms with van der Waals surface area (Å²) < 4.78 is 66.8. The van der Waals surface area contributed by atoms with Crippen molar-refractivity contribution in [3.05, 3.63) is 82.5 Å². The van der Waals surface area contributed by atoms with Crippen molar-refractivity contribution < 1.29 is 31.1 Å². The van der Waals surface area contributed by atoms with Gasteiger partial charge in [0.05, 0.1) is 9.93 Å². The minimum Gasteiger partial charge on any atom is -0.334 e. The van der Waals surface area contributed by atoms with Crippen LogP contribution in [0.2, 0.25) is 0 Å². The second-order valence-electron chi connectivity index (χ2n) is 7.44. The van der Waals surface area contributed by atoms with Gasteiger partial charge in [-0.05, 0) is 29.3 Å². The topological polar surface area (TPSA) is 84.5 Å². The van der Waals surface area contributed by atoms with Gasteiger partial charge in [-0.3, -0.25) is 4.74 Å². The van der Waals surface area contributed by atoms with Crippen LogP contribution in [0, 0.1) is 0 Å². The Morgan fingerprint density at radius 3 is 2.29 bits per heavy atom. The molecule has 1 aliphatic carbocycles. The van der Waals surface area contributed by atoms with E-state index in [1.54, 1.807) is 30.3 Å². The molecule has 2 N–H and O–H groups in total. The number of rotatable bonds is 6. The van der Waals surface area contributed by atoms with Crippen molar-refractivity contribution in [2.75, 3.05) is 6.26 Å². The lowest BCUT2D eigenvalue weighted by molar-refractivity contribution is -0.342. The molecule has 1 aliphatic rings. The minimum atomic E-state index is -5.07. The summed E-state index contributed by atoms with van der Waals surface area (Å²) in [6.45, 7) is 0.0348. The lowest BCUT2D eigenvalue weighted by Gasteiger charge is -2.35. The molecule has 2 aromatic rings. The van der Waals surface area contributed by atoms with E-state index in [0.717, 1.165) is 6.26 Å². The molecule has 0 saturated heterocycles. The zero-order valence-corrected chi connectivity index (χ0v) is 19.9. The standard InChI is InChI=1S/C22H19Cl2F3N2O4S/c1-34(31,32)17-9-7-14(8-10-17)13-28-20(30)29-16-11-18(23)19(15-5-3-2-4-6-15)21(24,12-16)33-22(25,26)27/h2-11H,12-13H2,1H3,(H2,28,29,30). The summed E-state index contributed by atoms with van der Waals surface area (Å²) in [6, 6.07) is 13.1. The van der Waals surface area contributed by atoms with Crippen molar-refractivity contribution in [1.29, 1.82) is 0 Å². The fourth-order valence-electron chi connectivity index (χ4n) is 3.32. The number of alkyl halides is 4. The fraction of sp³-hybridized carbons (Fsp3) is 0.227. The number of hydrogen-bond donors (Lipinski definition) is 2. The van der Waals surface area contributed by atoms with Gasteiger partial charge in [0, 0.05) is 30.5 Å². The Balaban J connectivity index is 1.76. The van der Waals surface area contributed by atoms with Crippen LogP contribution in [0.4, 0.5) is 18.0 Å². The average molecular weight is 535 g/mol. The smallest absolute Gasteiger partial charge is 0.334 e. The van der Waals surface area contributed by atoms with Crippen molar-refractivity contribution in [2.45, 2.75) is 29.3 Å². The Hall–Kier alpha value is -2.53. The second-order valence-corrected chi connectivity index (χ2v) is 10.5. The predicted molar refractivity (Wildman–Crippen MR) is 123 cm³/mol. The highest BCUT2D eigenvalue weighted by atomic mass is 35.5.